The summed E-state index contributed by atoms with van der Waals surface area (Å²) in [6.45, 7) is -0.181. The highest BCUT2D eigenvalue weighted by atomic mass is 16.3. The summed E-state index contributed by atoms with van der Waals surface area (Å²) in [6, 6.07) is 18.8. The van der Waals surface area contributed by atoms with Gasteiger partial charge in [0.05, 0.1) is 12.8 Å². The minimum Gasteiger partial charge on any atom is -0.395 e. The lowest BCUT2D eigenvalue weighted by Gasteiger charge is -2.23. The second-order valence-corrected chi connectivity index (χ2v) is 7.00. The molecule has 1 amide bonds. The molecule has 8 nitrogen and oxygen atoms in total. The van der Waals surface area contributed by atoms with E-state index in [0.717, 1.165) is 5.56 Å². The van der Waals surface area contributed by atoms with Gasteiger partial charge in [0.1, 0.15) is 24.2 Å². The van der Waals surface area contributed by atoms with E-state index in [-0.39, 0.29) is 37.5 Å². The van der Waals surface area contributed by atoms with Crippen LogP contribution in [-0.4, -0.2) is 39.5 Å². The van der Waals surface area contributed by atoms with Crippen molar-refractivity contribution in [1.29, 1.82) is 0 Å². The summed E-state index contributed by atoms with van der Waals surface area (Å²) in [5.41, 5.74) is 1.90. The first-order valence-corrected chi connectivity index (χ1v) is 9.70. The number of hydrogen-bond donors (Lipinski definition) is 2. The van der Waals surface area contributed by atoms with Gasteiger partial charge in [-0.15, -0.1) is 0 Å². The van der Waals surface area contributed by atoms with E-state index in [1.807, 2.05) is 48.5 Å². The molecule has 2 aromatic carbocycles. The number of aliphatic hydroxyl groups excluding tert-OH is 1. The van der Waals surface area contributed by atoms with Gasteiger partial charge in [-0.1, -0.05) is 48.5 Å². The summed E-state index contributed by atoms with van der Waals surface area (Å²) in [4.78, 5) is 31.9. The van der Waals surface area contributed by atoms with Crippen LogP contribution < -0.4 is 15.9 Å². The van der Waals surface area contributed by atoms with Gasteiger partial charge in [0.25, 0.3) is 0 Å². The molecule has 2 heterocycles. The van der Waals surface area contributed by atoms with E-state index in [1.54, 1.807) is 25.4 Å². The Morgan fingerprint density at radius 3 is 2.47 bits per heavy atom. The number of rotatable bonds is 6. The van der Waals surface area contributed by atoms with Crippen LogP contribution in [0.3, 0.4) is 0 Å². The van der Waals surface area contributed by atoms with Crippen molar-refractivity contribution in [2.45, 2.75) is 12.7 Å². The smallest absolute Gasteiger partial charge is 0.330 e. The second kappa shape index (κ2) is 8.38. The van der Waals surface area contributed by atoms with Gasteiger partial charge in [0, 0.05) is 19.3 Å². The molecule has 0 bridgehead atoms. The van der Waals surface area contributed by atoms with Crippen molar-refractivity contribution in [1.82, 2.24) is 9.13 Å². The van der Waals surface area contributed by atoms with Crippen LogP contribution in [0.2, 0.25) is 0 Å². The molecule has 1 aromatic heterocycles. The molecular weight excluding hydrogens is 382 g/mol. The standard InChI is InChI=1S/C22H23N5O3/c1-25-21-18(14-23-20(24-21)16-8-4-2-5-9-16)27(22(25)30)15-19(29)26(12-13-28)17-10-6-3-7-11-17/h2-11,14,20,24,28H,12-13,15H2,1H3. The highest BCUT2D eigenvalue weighted by molar-refractivity contribution is 5.94. The van der Waals surface area contributed by atoms with E-state index < -0.39 is 0 Å². The summed E-state index contributed by atoms with van der Waals surface area (Å²) in [6.07, 6.45) is 1.34. The number of aliphatic hydroxyl groups is 1. The Bertz CT molecular complexity index is 1120. The van der Waals surface area contributed by atoms with Gasteiger partial charge in [-0.2, -0.15) is 0 Å². The molecule has 0 saturated carbocycles. The second-order valence-electron chi connectivity index (χ2n) is 7.00. The molecule has 1 atom stereocenters. The lowest BCUT2D eigenvalue weighted by molar-refractivity contribution is -0.119. The van der Waals surface area contributed by atoms with Crippen molar-refractivity contribution >= 4 is 23.6 Å². The molecule has 3 aromatic rings. The van der Waals surface area contributed by atoms with E-state index in [2.05, 4.69) is 10.3 Å². The molecule has 2 N–H and O–H groups in total. The molecule has 0 saturated heterocycles. The minimum atomic E-state index is -0.307. The van der Waals surface area contributed by atoms with Gasteiger partial charge in [0.15, 0.2) is 0 Å². The van der Waals surface area contributed by atoms with E-state index in [0.29, 0.717) is 17.2 Å². The van der Waals surface area contributed by atoms with Gasteiger partial charge in [-0.25, -0.2) is 4.79 Å². The number of aromatic nitrogens is 2. The maximum absolute atomic E-state index is 13.0. The zero-order chi connectivity index (χ0) is 21.1. The minimum absolute atomic E-state index is 0.148. The fourth-order valence-corrected chi connectivity index (χ4v) is 3.58. The zero-order valence-electron chi connectivity index (χ0n) is 16.6. The number of fused-ring (bicyclic) bond motifs is 1. The summed E-state index contributed by atoms with van der Waals surface area (Å²) in [5, 5.41) is 12.7. The van der Waals surface area contributed by atoms with Crippen molar-refractivity contribution in [3.8, 4) is 0 Å². The van der Waals surface area contributed by atoms with Crippen molar-refractivity contribution in [3.63, 3.8) is 0 Å². The van der Waals surface area contributed by atoms with Gasteiger partial charge in [0.2, 0.25) is 5.91 Å². The van der Waals surface area contributed by atoms with E-state index in [4.69, 9.17) is 0 Å². The molecule has 4 rings (SSSR count). The summed E-state index contributed by atoms with van der Waals surface area (Å²) >= 11 is 0. The fourth-order valence-electron chi connectivity index (χ4n) is 3.58. The third-order valence-corrected chi connectivity index (χ3v) is 5.11. The Kier molecular flexibility index (Phi) is 5.49. The highest BCUT2D eigenvalue weighted by Gasteiger charge is 2.26. The number of para-hydroxylation sites is 1. The van der Waals surface area contributed by atoms with Gasteiger partial charge in [-0.3, -0.25) is 18.9 Å². The Morgan fingerprint density at radius 2 is 1.80 bits per heavy atom. The monoisotopic (exact) mass is 405 g/mol. The Balaban J connectivity index is 1.63. The van der Waals surface area contributed by atoms with Crippen LogP contribution in [0.1, 0.15) is 17.4 Å². The average molecular weight is 405 g/mol. The van der Waals surface area contributed by atoms with Crippen molar-refractivity contribution in [3.05, 3.63) is 82.4 Å². The number of anilines is 2. The number of benzene rings is 2. The molecule has 30 heavy (non-hydrogen) atoms. The number of amides is 1. The SMILES string of the molecule is Cn1c2c(n(CC(=O)N(CCO)c3ccccc3)c1=O)C=NC(c1ccccc1)N2. The molecule has 0 fully saturated rings. The maximum atomic E-state index is 13.0. The number of nitrogens with one attached hydrogen (secondary N) is 1. The number of nitrogens with zero attached hydrogens (tertiary/aromatic N) is 4. The van der Waals surface area contributed by atoms with Crippen LogP contribution in [0.25, 0.3) is 0 Å². The van der Waals surface area contributed by atoms with Gasteiger partial charge in [-0.05, 0) is 17.7 Å². The first-order valence-electron chi connectivity index (χ1n) is 9.70. The molecule has 1 unspecified atom stereocenters. The van der Waals surface area contributed by atoms with Crippen molar-refractivity contribution in [2.75, 3.05) is 23.4 Å². The van der Waals surface area contributed by atoms with E-state index in [1.165, 1.54) is 14.0 Å². The number of carbonyl (C=O) groups excluding carboxylic acids is 1. The van der Waals surface area contributed by atoms with Crippen molar-refractivity contribution < 1.29 is 9.90 Å². The van der Waals surface area contributed by atoms with Crippen LogP contribution in [0.4, 0.5) is 11.5 Å². The van der Waals surface area contributed by atoms with Crippen LogP contribution in [-0.2, 0) is 18.4 Å². The average Bonchev–Trinajstić information content (AvgIpc) is 3.03. The Labute approximate surface area is 173 Å². The molecule has 8 heteroatoms. The predicted molar refractivity (Wildman–Crippen MR) is 116 cm³/mol. The summed E-state index contributed by atoms with van der Waals surface area (Å²) < 4.78 is 2.89. The van der Waals surface area contributed by atoms with Crippen molar-refractivity contribution in [2.24, 2.45) is 12.0 Å². The lowest BCUT2D eigenvalue weighted by Crippen LogP contribution is -2.38. The molecule has 1 aliphatic rings. The van der Waals surface area contributed by atoms with Crippen LogP contribution >= 0.6 is 0 Å². The molecule has 154 valence electrons. The van der Waals surface area contributed by atoms with Crippen LogP contribution in [0.5, 0.6) is 0 Å². The normalized spacial score (nSPS) is 14.8. The predicted octanol–water partition coefficient (Wildman–Crippen LogP) is 1.76. The summed E-state index contributed by atoms with van der Waals surface area (Å²) in [7, 11) is 1.67. The molecule has 0 spiro atoms. The lowest BCUT2D eigenvalue weighted by atomic mass is 10.1. The number of carbonyl (C=O) groups is 1. The number of hydrogen-bond acceptors (Lipinski definition) is 5. The summed E-state index contributed by atoms with van der Waals surface area (Å²) in [5.74, 6) is 0.328. The molecule has 0 radical (unpaired) electrons. The zero-order valence-corrected chi connectivity index (χ0v) is 16.6. The van der Waals surface area contributed by atoms with Crippen LogP contribution in [0, 0.1) is 0 Å². The van der Waals surface area contributed by atoms with E-state index >= 15 is 0 Å². The number of imidazole rings is 1. The first-order chi connectivity index (χ1) is 14.6. The first kappa shape index (κ1) is 19.7. The Morgan fingerprint density at radius 1 is 1.13 bits per heavy atom. The van der Waals surface area contributed by atoms with Gasteiger partial charge >= 0.3 is 5.69 Å². The maximum Gasteiger partial charge on any atom is 0.330 e. The quantitative estimate of drug-likeness (QED) is 0.654. The van der Waals surface area contributed by atoms with E-state index in [9.17, 15) is 14.7 Å². The van der Waals surface area contributed by atoms with Gasteiger partial charge < -0.3 is 15.3 Å². The molecule has 0 aliphatic carbocycles. The third-order valence-electron chi connectivity index (χ3n) is 5.11. The molecular formula is C22H23N5O3. The Hall–Kier alpha value is -3.65. The topological polar surface area (TPSA) is 91.9 Å². The highest BCUT2D eigenvalue weighted by Crippen LogP contribution is 2.26. The number of aliphatic imine (C=N–C) groups is 1. The molecule has 1 aliphatic heterocycles. The largest absolute Gasteiger partial charge is 0.395 e. The third kappa shape index (κ3) is 3.65. The van der Waals surface area contributed by atoms with Crippen LogP contribution in [0.15, 0.2) is 70.5 Å². The fraction of sp³-hybridized carbons (Fsp3) is 0.227.